The lowest BCUT2D eigenvalue weighted by molar-refractivity contribution is 0.416. The second-order valence-corrected chi connectivity index (χ2v) is 4.86. The number of rotatable bonds is 4. The second kappa shape index (κ2) is 5.49. The van der Waals surface area contributed by atoms with Crippen molar-refractivity contribution in [3.05, 3.63) is 35.4 Å². The Bertz CT molecular complexity index is 299. The average Bonchev–Trinajstić information content (AvgIpc) is 2.33. The molecule has 0 aliphatic carbocycles. The van der Waals surface area contributed by atoms with Crippen molar-refractivity contribution in [1.29, 1.82) is 0 Å². The summed E-state index contributed by atoms with van der Waals surface area (Å²) in [7, 11) is 0. The minimum absolute atomic E-state index is 0.592. The van der Waals surface area contributed by atoms with E-state index in [9.17, 15) is 0 Å². The van der Waals surface area contributed by atoms with Gasteiger partial charge in [-0.1, -0.05) is 51.0 Å². The number of hydrogen-bond donors (Lipinski definition) is 1. The lowest BCUT2D eigenvalue weighted by atomic mass is 9.83. The van der Waals surface area contributed by atoms with E-state index in [1.165, 1.54) is 25.7 Å². The van der Waals surface area contributed by atoms with Crippen LogP contribution < -0.4 is 5.32 Å². The molecule has 0 aromatic heterocycles. The van der Waals surface area contributed by atoms with Crippen LogP contribution in [0.5, 0.6) is 0 Å². The van der Waals surface area contributed by atoms with E-state index in [4.69, 9.17) is 0 Å². The molecule has 1 nitrogen and oxygen atoms in total. The van der Waals surface area contributed by atoms with Crippen molar-refractivity contribution in [2.75, 3.05) is 6.54 Å². The molecule has 88 valence electrons. The van der Waals surface area contributed by atoms with Crippen molar-refractivity contribution in [2.45, 2.75) is 51.5 Å². The normalized spacial score (nSPS) is 24.1. The molecule has 0 saturated heterocycles. The van der Waals surface area contributed by atoms with E-state index < -0.39 is 0 Å². The molecule has 0 amide bonds. The van der Waals surface area contributed by atoms with Crippen LogP contribution in [0.4, 0.5) is 0 Å². The summed E-state index contributed by atoms with van der Waals surface area (Å²) in [6.45, 7) is 5.71. The van der Waals surface area contributed by atoms with Crippen LogP contribution in [-0.4, -0.2) is 6.54 Å². The zero-order valence-corrected chi connectivity index (χ0v) is 10.5. The minimum Gasteiger partial charge on any atom is -0.309 e. The van der Waals surface area contributed by atoms with Gasteiger partial charge in [0.2, 0.25) is 0 Å². The summed E-state index contributed by atoms with van der Waals surface area (Å²) in [6.07, 6.45) is 5.10. The van der Waals surface area contributed by atoms with Crippen LogP contribution in [-0.2, 0) is 0 Å². The van der Waals surface area contributed by atoms with Crippen molar-refractivity contribution in [3.63, 3.8) is 0 Å². The number of fused-ring (bicyclic) bond motifs is 1. The molecule has 2 unspecified atom stereocenters. The number of hydrogen-bond acceptors (Lipinski definition) is 1. The molecule has 1 aromatic rings. The van der Waals surface area contributed by atoms with Crippen LogP contribution in [0.25, 0.3) is 0 Å². The van der Waals surface area contributed by atoms with Crippen molar-refractivity contribution in [2.24, 2.45) is 0 Å². The van der Waals surface area contributed by atoms with Gasteiger partial charge in [0.05, 0.1) is 0 Å². The van der Waals surface area contributed by atoms with Crippen LogP contribution >= 0.6 is 0 Å². The smallest absolute Gasteiger partial charge is 0.0323 e. The van der Waals surface area contributed by atoms with Gasteiger partial charge in [0.25, 0.3) is 0 Å². The number of nitrogens with one attached hydrogen (secondary N) is 1. The standard InChI is InChI=1S/C15H23N/c1-3-7-12-11-16-15(8-4-2)14-10-6-5-9-13(12)14/h5-6,9-10,12,15-16H,3-4,7-8,11H2,1-2H3. The maximum absolute atomic E-state index is 3.71. The Balaban J connectivity index is 2.25. The first-order valence-electron chi connectivity index (χ1n) is 6.69. The van der Waals surface area contributed by atoms with Gasteiger partial charge in [0, 0.05) is 12.6 Å². The molecule has 1 aliphatic heterocycles. The topological polar surface area (TPSA) is 12.0 Å². The Morgan fingerprint density at radius 1 is 1.06 bits per heavy atom. The summed E-state index contributed by atoms with van der Waals surface area (Å²) < 4.78 is 0. The Labute approximate surface area is 99.3 Å². The molecule has 1 heteroatoms. The highest BCUT2D eigenvalue weighted by Gasteiger charge is 2.24. The predicted octanol–water partition coefficient (Wildman–Crippen LogP) is 4.01. The summed E-state index contributed by atoms with van der Waals surface area (Å²) in [5.74, 6) is 0.731. The van der Waals surface area contributed by atoms with Gasteiger partial charge >= 0.3 is 0 Å². The van der Waals surface area contributed by atoms with Gasteiger partial charge < -0.3 is 5.32 Å². The summed E-state index contributed by atoms with van der Waals surface area (Å²) in [5, 5.41) is 3.71. The highest BCUT2D eigenvalue weighted by Crippen LogP contribution is 2.34. The maximum atomic E-state index is 3.71. The van der Waals surface area contributed by atoms with Crippen molar-refractivity contribution >= 4 is 0 Å². The van der Waals surface area contributed by atoms with E-state index in [-0.39, 0.29) is 0 Å². The third kappa shape index (κ3) is 2.30. The van der Waals surface area contributed by atoms with Gasteiger partial charge in [-0.15, -0.1) is 0 Å². The van der Waals surface area contributed by atoms with E-state index >= 15 is 0 Å². The molecule has 2 rings (SSSR count). The highest BCUT2D eigenvalue weighted by molar-refractivity contribution is 5.35. The van der Waals surface area contributed by atoms with E-state index in [1.54, 1.807) is 11.1 Å². The van der Waals surface area contributed by atoms with E-state index in [1.807, 2.05) is 0 Å². The monoisotopic (exact) mass is 217 g/mol. The summed E-state index contributed by atoms with van der Waals surface area (Å²) in [4.78, 5) is 0. The van der Waals surface area contributed by atoms with E-state index in [0.29, 0.717) is 6.04 Å². The highest BCUT2D eigenvalue weighted by atomic mass is 14.9. The number of benzene rings is 1. The van der Waals surface area contributed by atoms with Gasteiger partial charge in [-0.2, -0.15) is 0 Å². The van der Waals surface area contributed by atoms with Crippen LogP contribution in [0.2, 0.25) is 0 Å². The molecule has 1 aromatic carbocycles. The molecule has 1 aliphatic rings. The molecule has 16 heavy (non-hydrogen) atoms. The molecule has 0 saturated carbocycles. The van der Waals surface area contributed by atoms with E-state index in [0.717, 1.165) is 12.5 Å². The fourth-order valence-corrected chi connectivity index (χ4v) is 2.86. The quantitative estimate of drug-likeness (QED) is 0.803. The third-order valence-corrected chi connectivity index (χ3v) is 3.64. The first kappa shape index (κ1) is 11.7. The molecular formula is C15H23N. The van der Waals surface area contributed by atoms with Gasteiger partial charge in [-0.25, -0.2) is 0 Å². The van der Waals surface area contributed by atoms with Gasteiger partial charge in [0.1, 0.15) is 0 Å². The van der Waals surface area contributed by atoms with Crippen LogP contribution in [0.3, 0.4) is 0 Å². The molecule has 0 spiro atoms. The molecule has 2 atom stereocenters. The fraction of sp³-hybridized carbons (Fsp3) is 0.600. The summed E-state index contributed by atoms with van der Waals surface area (Å²) in [5.41, 5.74) is 3.15. The minimum atomic E-state index is 0.592. The Kier molecular flexibility index (Phi) is 4.00. The van der Waals surface area contributed by atoms with Crippen molar-refractivity contribution < 1.29 is 0 Å². The first-order chi connectivity index (χ1) is 7.86. The molecule has 1 heterocycles. The molecule has 0 radical (unpaired) electrons. The van der Waals surface area contributed by atoms with Crippen LogP contribution in [0.1, 0.15) is 62.6 Å². The van der Waals surface area contributed by atoms with Gasteiger partial charge in [-0.05, 0) is 29.9 Å². The first-order valence-corrected chi connectivity index (χ1v) is 6.69. The molecular weight excluding hydrogens is 194 g/mol. The van der Waals surface area contributed by atoms with Gasteiger partial charge in [-0.3, -0.25) is 0 Å². The Morgan fingerprint density at radius 2 is 1.75 bits per heavy atom. The average molecular weight is 217 g/mol. The zero-order chi connectivity index (χ0) is 11.4. The third-order valence-electron chi connectivity index (χ3n) is 3.64. The summed E-state index contributed by atoms with van der Waals surface area (Å²) in [6, 6.07) is 9.60. The van der Waals surface area contributed by atoms with Crippen LogP contribution in [0, 0.1) is 0 Å². The fourth-order valence-electron chi connectivity index (χ4n) is 2.86. The maximum Gasteiger partial charge on any atom is 0.0323 e. The van der Waals surface area contributed by atoms with Crippen molar-refractivity contribution in [1.82, 2.24) is 5.32 Å². The van der Waals surface area contributed by atoms with E-state index in [2.05, 4.69) is 43.4 Å². The second-order valence-electron chi connectivity index (χ2n) is 4.86. The molecule has 1 N–H and O–H groups in total. The lowest BCUT2D eigenvalue weighted by Gasteiger charge is -2.32. The van der Waals surface area contributed by atoms with Gasteiger partial charge in [0.15, 0.2) is 0 Å². The zero-order valence-electron chi connectivity index (χ0n) is 10.5. The van der Waals surface area contributed by atoms with Crippen LogP contribution in [0.15, 0.2) is 24.3 Å². The predicted molar refractivity (Wildman–Crippen MR) is 69.7 cm³/mol. The SMILES string of the molecule is CCCC1CNC(CCC)c2ccccc21. The van der Waals surface area contributed by atoms with Crippen molar-refractivity contribution in [3.8, 4) is 0 Å². The Hall–Kier alpha value is -0.820. The lowest BCUT2D eigenvalue weighted by Crippen LogP contribution is -2.33. The largest absolute Gasteiger partial charge is 0.309 e. The molecule has 0 bridgehead atoms. The Morgan fingerprint density at radius 3 is 2.44 bits per heavy atom. The summed E-state index contributed by atoms with van der Waals surface area (Å²) >= 11 is 0. The molecule has 0 fully saturated rings.